The fraction of sp³-hybridized carbons (Fsp3) is 0.538. The van der Waals surface area contributed by atoms with Crippen molar-refractivity contribution in [2.24, 2.45) is 5.73 Å². The first-order valence-corrected chi connectivity index (χ1v) is 7.11. The third-order valence-electron chi connectivity index (χ3n) is 3.43. The van der Waals surface area contributed by atoms with Gasteiger partial charge < -0.3 is 15.4 Å². The zero-order chi connectivity index (χ0) is 14.0. The second-order valence-corrected chi connectivity index (χ2v) is 6.03. The first-order valence-electron chi connectivity index (χ1n) is 6.29. The minimum atomic E-state index is -0.443. The van der Waals surface area contributed by atoms with Crippen LogP contribution in [0.15, 0.2) is 6.07 Å². The number of esters is 1. The van der Waals surface area contributed by atoms with E-state index >= 15 is 0 Å². The SMILES string of the molecule is Cc1cc(C(=O)OCC2CCCN2C(N)=O)sc1C. The van der Waals surface area contributed by atoms with Gasteiger partial charge in [-0.25, -0.2) is 9.59 Å². The molecule has 1 aliphatic rings. The predicted octanol–water partition coefficient (Wildman–Crippen LogP) is 2.06. The van der Waals surface area contributed by atoms with Crippen LogP contribution in [-0.4, -0.2) is 36.1 Å². The number of carbonyl (C=O) groups is 2. The van der Waals surface area contributed by atoms with Crippen LogP contribution in [0.1, 0.15) is 33.0 Å². The Bertz CT molecular complexity index is 479. The van der Waals surface area contributed by atoms with E-state index in [1.165, 1.54) is 11.3 Å². The lowest BCUT2D eigenvalue weighted by Gasteiger charge is -2.21. The van der Waals surface area contributed by atoms with E-state index in [0.717, 1.165) is 23.3 Å². The van der Waals surface area contributed by atoms with Crippen molar-refractivity contribution in [3.63, 3.8) is 0 Å². The Labute approximate surface area is 116 Å². The molecule has 1 atom stereocenters. The maximum Gasteiger partial charge on any atom is 0.348 e. The number of nitrogens with two attached hydrogens (primary N) is 1. The van der Waals surface area contributed by atoms with Crippen molar-refractivity contribution in [2.45, 2.75) is 32.7 Å². The summed E-state index contributed by atoms with van der Waals surface area (Å²) in [5, 5.41) is 0. The molecule has 0 saturated carbocycles. The molecule has 6 heteroatoms. The maximum absolute atomic E-state index is 11.9. The van der Waals surface area contributed by atoms with Gasteiger partial charge in [0.25, 0.3) is 0 Å². The van der Waals surface area contributed by atoms with Gasteiger partial charge in [0, 0.05) is 11.4 Å². The quantitative estimate of drug-likeness (QED) is 0.862. The minimum absolute atomic E-state index is 0.0800. The molecule has 104 valence electrons. The standard InChI is InChI=1S/C13H18N2O3S/c1-8-6-11(19-9(8)2)12(16)18-7-10-4-3-5-15(10)13(14)17/h6,10H,3-5,7H2,1-2H3,(H2,14,17). The average Bonchev–Trinajstić information content (AvgIpc) is 2.94. The number of urea groups is 1. The molecule has 1 unspecified atom stereocenters. The van der Waals surface area contributed by atoms with Crippen LogP contribution in [0, 0.1) is 13.8 Å². The van der Waals surface area contributed by atoms with Crippen molar-refractivity contribution in [3.8, 4) is 0 Å². The number of thiophene rings is 1. The van der Waals surface area contributed by atoms with Crippen molar-refractivity contribution in [2.75, 3.05) is 13.2 Å². The highest BCUT2D eigenvalue weighted by Crippen LogP contribution is 2.22. The summed E-state index contributed by atoms with van der Waals surface area (Å²) in [7, 11) is 0. The van der Waals surface area contributed by atoms with Crippen molar-refractivity contribution in [1.82, 2.24) is 4.90 Å². The minimum Gasteiger partial charge on any atom is -0.459 e. The molecular weight excluding hydrogens is 264 g/mol. The highest BCUT2D eigenvalue weighted by Gasteiger charge is 2.28. The van der Waals surface area contributed by atoms with Gasteiger partial charge in [0.2, 0.25) is 0 Å². The van der Waals surface area contributed by atoms with Gasteiger partial charge in [0.1, 0.15) is 11.5 Å². The highest BCUT2D eigenvalue weighted by atomic mass is 32.1. The Morgan fingerprint density at radius 2 is 2.26 bits per heavy atom. The molecule has 0 spiro atoms. The number of nitrogens with zero attached hydrogens (tertiary/aromatic N) is 1. The van der Waals surface area contributed by atoms with Crippen molar-refractivity contribution >= 4 is 23.3 Å². The summed E-state index contributed by atoms with van der Waals surface area (Å²) < 4.78 is 5.28. The topological polar surface area (TPSA) is 72.6 Å². The van der Waals surface area contributed by atoms with Gasteiger partial charge in [-0.2, -0.15) is 0 Å². The number of aryl methyl sites for hydroxylation is 2. The van der Waals surface area contributed by atoms with Crippen LogP contribution in [0.2, 0.25) is 0 Å². The smallest absolute Gasteiger partial charge is 0.348 e. The Morgan fingerprint density at radius 1 is 1.53 bits per heavy atom. The molecule has 0 bridgehead atoms. The fourth-order valence-electron chi connectivity index (χ4n) is 2.22. The number of likely N-dealkylation sites (tertiary alicyclic amines) is 1. The van der Waals surface area contributed by atoms with Gasteiger partial charge in [-0.3, -0.25) is 0 Å². The van der Waals surface area contributed by atoms with Crippen LogP contribution < -0.4 is 5.73 Å². The number of hydrogen-bond acceptors (Lipinski definition) is 4. The Balaban J connectivity index is 1.91. The van der Waals surface area contributed by atoms with E-state index in [1.54, 1.807) is 4.90 Å². The van der Waals surface area contributed by atoms with Crippen LogP contribution in [0.3, 0.4) is 0 Å². The van der Waals surface area contributed by atoms with E-state index in [2.05, 4.69) is 0 Å². The first kappa shape index (κ1) is 13.9. The normalized spacial score (nSPS) is 18.6. The molecule has 1 fully saturated rings. The van der Waals surface area contributed by atoms with Crippen LogP contribution >= 0.6 is 11.3 Å². The van der Waals surface area contributed by atoms with Gasteiger partial charge in [-0.05, 0) is 38.3 Å². The van der Waals surface area contributed by atoms with E-state index in [9.17, 15) is 9.59 Å². The van der Waals surface area contributed by atoms with E-state index in [4.69, 9.17) is 10.5 Å². The molecule has 2 rings (SSSR count). The molecule has 0 aliphatic carbocycles. The van der Waals surface area contributed by atoms with E-state index in [0.29, 0.717) is 11.4 Å². The number of ether oxygens (including phenoxy) is 1. The molecule has 1 aliphatic heterocycles. The van der Waals surface area contributed by atoms with Gasteiger partial charge in [0.05, 0.1) is 6.04 Å². The zero-order valence-corrected chi connectivity index (χ0v) is 12.0. The summed E-state index contributed by atoms with van der Waals surface area (Å²) in [5.41, 5.74) is 6.37. The monoisotopic (exact) mass is 282 g/mol. The second kappa shape index (κ2) is 5.61. The van der Waals surface area contributed by atoms with E-state index < -0.39 is 6.03 Å². The fourth-order valence-corrected chi connectivity index (χ4v) is 3.14. The summed E-state index contributed by atoms with van der Waals surface area (Å²) >= 11 is 1.43. The molecular formula is C13H18N2O3S. The summed E-state index contributed by atoms with van der Waals surface area (Å²) in [4.78, 5) is 26.4. The molecule has 2 heterocycles. The Kier molecular flexibility index (Phi) is 4.09. The second-order valence-electron chi connectivity index (χ2n) is 4.78. The Morgan fingerprint density at radius 3 is 2.84 bits per heavy atom. The molecule has 0 radical (unpaired) electrons. The lowest BCUT2D eigenvalue weighted by Crippen LogP contribution is -2.41. The molecule has 19 heavy (non-hydrogen) atoms. The molecule has 2 N–H and O–H groups in total. The number of rotatable bonds is 3. The summed E-state index contributed by atoms with van der Waals surface area (Å²) in [5.74, 6) is -0.322. The predicted molar refractivity (Wildman–Crippen MR) is 73.4 cm³/mol. The Hall–Kier alpha value is -1.56. The lowest BCUT2D eigenvalue weighted by molar-refractivity contribution is 0.0427. The highest BCUT2D eigenvalue weighted by molar-refractivity contribution is 7.14. The van der Waals surface area contributed by atoms with Crippen LogP contribution in [0.5, 0.6) is 0 Å². The number of carbonyl (C=O) groups excluding carboxylic acids is 2. The van der Waals surface area contributed by atoms with Crippen molar-refractivity contribution in [1.29, 1.82) is 0 Å². The largest absolute Gasteiger partial charge is 0.459 e. The number of hydrogen-bond donors (Lipinski definition) is 1. The molecule has 1 aromatic rings. The zero-order valence-electron chi connectivity index (χ0n) is 11.1. The van der Waals surface area contributed by atoms with Crippen LogP contribution in [0.4, 0.5) is 4.79 Å². The van der Waals surface area contributed by atoms with Crippen LogP contribution in [0.25, 0.3) is 0 Å². The lowest BCUT2D eigenvalue weighted by atomic mass is 10.2. The molecule has 1 aromatic heterocycles. The molecule has 0 aromatic carbocycles. The third-order valence-corrected chi connectivity index (χ3v) is 4.57. The van der Waals surface area contributed by atoms with Gasteiger partial charge >= 0.3 is 12.0 Å². The molecule has 5 nitrogen and oxygen atoms in total. The van der Waals surface area contributed by atoms with Crippen LogP contribution in [-0.2, 0) is 4.74 Å². The van der Waals surface area contributed by atoms with E-state index in [-0.39, 0.29) is 18.6 Å². The average molecular weight is 282 g/mol. The maximum atomic E-state index is 11.9. The van der Waals surface area contributed by atoms with Crippen molar-refractivity contribution in [3.05, 3.63) is 21.4 Å². The molecule has 1 saturated heterocycles. The van der Waals surface area contributed by atoms with Gasteiger partial charge in [0.15, 0.2) is 0 Å². The third kappa shape index (κ3) is 3.07. The summed E-state index contributed by atoms with van der Waals surface area (Å²) in [6.07, 6.45) is 1.74. The summed E-state index contributed by atoms with van der Waals surface area (Å²) in [6, 6.07) is 1.31. The van der Waals surface area contributed by atoms with Crippen molar-refractivity contribution < 1.29 is 14.3 Å². The van der Waals surface area contributed by atoms with Gasteiger partial charge in [-0.1, -0.05) is 0 Å². The van der Waals surface area contributed by atoms with E-state index in [1.807, 2.05) is 19.9 Å². The first-order chi connectivity index (χ1) is 8.99. The number of amides is 2. The molecule has 2 amide bonds. The van der Waals surface area contributed by atoms with Gasteiger partial charge in [-0.15, -0.1) is 11.3 Å². The summed E-state index contributed by atoms with van der Waals surface area (Å²) in [6.45, 7) is 4.81. The number of primary amides is 1.